The zero-order valence-electron chi connectivity index (χ0n) is 8.33. The van der Waals surface area contributed by atoms with E-state index >= 15 is 0 Å². The number of hydrogen-bond acceptors (Lipinski definition) is 4. The van der Waals surface area contributed by atoms with Crippen LogP contribution in [0.25, 0.3) is 0 Å². The maximum Gasteiger partial charge on any atom is 0.174 e. The molecular formula is C11H7N5. The molecule has 0 spiro atoms. The SMILES string of the molecule is N#Cc1nccnc1C#CCn1cccn1. The standard InChI is InChI=1S/C11H7N5/c12-9-11-10(13-5-6-14-11)3-1-7-16-8-2-4-15-16/h2,4-6,8H,7H2. The Labute approximate surface area is 92.4 Å². The maximum atomic E-state index is 8.76. The van der Waals surface area contributed by atoms with Gasteiger partial charge in [0.15, 0.2) is 5.69 Å². The molecule has 0 amide bonds. The molecule has 2 aromatic heterocycles. The van der Waals surface area contributed by atoms with E-state index in [-0.39, 0.29) is 5.69 Å². The second-order valence-corrected chi connectivity index (χ2v) is 2.87. The Morgan fingerprint density at radius 2 is 2.00 bits per heavy atom. The van der Waals surface area contributed by atoms with E-state index in [4.69, 9.17) is 5.26 Å². The predicted octanol–water partition coefficient (Wildman–Crippen LogP) is 0.596. The molecule has 0 bridgehead atoms. The summed E-state index contributed by atoms with van der Waals surface area (Å²) < 4.78 is 1.69. The smallest absolute Gasteiger partial charge is 0.174 e. The average Bonchev–Trinajstić information content (AvgIpc) is 2.83. The van der Waals surface area contributed by atoms with Gasteiger partial charge >= 0.3 is 0 Å². The largest absolute Gasteiger partial charge is 0.261 e. The van der Waals surface area contributed by atoms with E-state index in [2.05, 4.69) is 26.9 Å². The highest BCUT2D eigenvalue weighted by Gasteiger charge is 1.98. The first-order valence-electron chi connectivity index (χ1n) is 4.57. The summed E-state index contributed by atoms with van der Waals surface area (Å²) in [6, 6.07) is 3.76. The molecule has 0 aliphatic heterocycles. The molecule has 76 valence electrons. The Bertz CT molecular complexity index is 568. The quantitative estimate of drug-likeness (QED) is 0.645. The van der Waals surface area contributed by atoms with Crippen LogP contribution in [0, 0.1) is 23.2 Å². The molecule has 0 N–H and O–H groups in total. The van der Waals surface area contributed by atoms with E-state index in [9.17, 15) is 0 Å². The predicted molar refractivity (Wildman–Crippen MR) is 55.9 cm³/mol. The summed E-state index contributed by atoms with van der Waals surface area (Å²) in [6.07, 6.45) is 6.48. The highest BCUT2D eigenvalue weighted by molar-refractivity contribution is 5.37. The van der Waals surface area contributed by atoms with E-state index < -0.39 is 0 Å². The van der Waals surface area contributed by atoms with Crippen molar-refractivity contribution in [3.63, 3.8) is 0 Å². The summed E-state index contributed by atoms with van der Waals surface area (Å²) in [7, 11) is 0. The summed E-state index contributed by atoms with van der Waals surface area (Å²) in [4.78, 5) is 7.84. The maximum absolute atomic E-state index is 8.76. The number of rotatable bonds is 1. The first kappa shape index (κ1) is 9.88. The lowest BCUT2D eigenvalue weighted by molar-refractivity contribution is 0.715. The van der Waals surface area contributed by atoms with Crippen LogP contribution in [-0.2, 0) is 6.54 Å². The molecule has 0 atom stereocenters. The van der Waals surface area contributed by atoms with Crippen molar-refractivity contribution in [2.45, 2.75) is 6.54 Å². The van der Waals surface area contributed by atoms with Crippen molar-refractivity contribution < 1.29 is 0 Å². The Morgan fingerprint density at radius 1 is 1.19 bits per heavy atom. The first-order chi connectivity index (χ1) is 7.90. The minimum absolute atomic E-state index is 0.246. The molecule has 0 fully saturated rings. The van der Waals surface area contributed by atoms with Crippen molar-refractivity contribution in [3.05, 3.63) is 42.2 Å². The monoisotopic (exact) mass is 209 g/mol. The zero-order chi connectivity index (χ0) is 11.2. The lowest BCUT2D eigenvalue weighted by atomic mass is 10.3. The molecule has 0 aliphatic carbocycles. The summed E-state index contributed by atoms with van der Waals surface area (Å²) >= 11 is 0. The van der Waals surface area contributed by atoms with E-state index in [1.807, 2.05) is 18.3 Å². The molecule has 5 nitrogen and oxygen atoms in total. The minimum Gasteiger partial charge on any atom is -0.261 e. The third-order valence-electron chi connectivity index (χ3n) is 1.81. The van der Waals surface area contributed by atoms with Crippen LogP contribution in [0.3, 0.4) is 0 Å². The van der Waals surface area contributed by atoms with Gasteiger partial charge in [-0.3, -0.25) is 4.68 Å². The van der Waals surface area contributed by atoms with Gasteiger partial charge in [0.2, 0.25) is 0 Å². The third kappa shape index (κ3) is 2.23. The molecule has 2 heterocycles. The van der Waals surface area contributed by atoms with Gasteiger partial charge in [-0.2, -0.15) is 10.4 Å². The fraction of sp³-hybridized carbons (Fsp3) is 0.0909. The second-order valence-electron chi connectivity index (χ2n) is 2.87. The van der Waals surface area contributed by atoms with Crippen LogP contribution in [0.15, 0.2) is 30.9 Å². The van der Waals surface area contributed by atoms with Gasteiger partial charge in [-0.15, -0.1) is 0 Å². The van der Waals surface area contributed by atoms with Crippen molar-refractivity contribution in [1.29, 1.82) is 5.26 Å². The fourth-order valence-corrected chi connectivity index (χ4v) is 1.11. The van der Waals surface area contributed by atoms with Gasteiger partial charge in [0.1, 0.15) is 18.3 Å². The van der Waals surface area contributed by atoms with Gasteiger partial charge < -0.3 is 0 Å². The summed E-state index contributed by atoms with van der Waals surface area (Å²) in [5.74, 6) is 5.67. The zero-order valence-corrected chi connectivity index (χ0v) is 8.33. The van der Waals surface area contributed by atoms with Crippen LogP contribution in [0.4, 0.5) is 0 Å². The van der Waals surface area contributed by atoms with Crippen molar-refractivity contribution in [2.24, 2.45) is 0 Å². The van der Waals surface area contributed by atoms with E-state index in [0.717, 1.165) is 0 Å². The second kappa shape index (κ2) is 4.72. The molecule has 0 aliphatic rings. The van der Waals surface area contributed by atoms with Crippen LogP contribution in [0.1, 0.15) is 11.4 Å². The van der Waals surface area contributed by atoms with Crippen molar-refractivity contribution in [1.82, 2.24) is 19.7 Å². The van der Waals surface area contributed by atoms with Gasteiger partial charge in [0.05, 0.1) is 0 Å². The van der Waals surface area contributed by atoms with Gasteiger partial charge in [-0.05, 0) is 12.0 Å². The Morgan fingerprint density at radius 3 is 2.69 bits per heavy atom. The molecule has 0 radical (unpaired) electrons. The number of aromatic nitrogens is 4. The molecule has 0 saturated carbocycles. The van der Waals surface area contributed by atoms with Crippen molar-refractivity contribution >= 4 is 0 Å². The summed E-state index contributed by atoms with van der Waals surface area (Å²) in [5.41, 5.74) is 0.646. The molecule has 0 aromatic carbocycles. The molecule has 0 unspecified atom stereocenters. The topological polar surface area (TPSA) is 67.4 Å². The third-order valence-corrected chi connectivity index (χ3v) is 1.81. The van der Waals surface area contributed by atoms with Crippen LogP contribution >= 0.6 is 0 Å². The van der Waals surface area contributed by atoms with Gasteiger partial charge in [0.25, 0.3) is 0 Å². The Hall–Kier alpha value is -2.66. The van der Waals surface area contributed by atoms with Crippen LogP contribution in [-0.4, -0.2) is 19.7 Å². The first-order valence-corrected chi connectivity index (χ1v) is 4.57. The van der Waals surface area contributed by atoms with Gasteiger partial charge in [0, 0.05) is 24.8 Å². The van der Waals surface area contributed by atoms with E-state index in [1.165, 1.54) is 12.4 Å². The molecule has 0 saturated heterocycles. The fourth-order valence-electron chi connectivity index (χ4n) is 1.11. The molecular weight excluding hydrogens is 202 g/mol. The molecule has 5 heteroatoms. The van der Waals surface area contributed by atoms with E-state index in [0.29, 0.717) is 12.2 Å². The lowest BCUT2D eigenvalue weighted by Gasteiger charge is -1.92. The van der Waals surface area contributed by atoms with Crippen LogP contribution in [0.5, 0.6) is 0 Å². The lowest BCUT2D eigenvalue weighted by Crippen LogP contribution is -1.96. The summed E-state index contributed by atoms with van der Waals surface area (Å²) in [6.45, 7) is 0.467. The van der Waals surface area contributed by atoms with Crippen molar-refractivity contribution in [3.8, 4) is 17.9 Å². The molecule has 2 aromatic rings. The van der Waals surface area contributed by atoms with Crippen LogP contribution in [0.2, 0.25) is 0 Å². The minimum atomic E-state index is 0.246. The Balaban J connectivity index is 2.16. The average molecular weight is 209 g/mol. The molecule has 16 heavy (non-hydrogen) atoms. The van der Waals surface area contributed by atoms with Crippen molar-refractivity contribution in [2.75, 3.05) is 0 Å². The van der Waals surface area contributed by atoms with Crippen LogP contribution < -0.4 is 0 Å². The van der Waals surface area contributed by atoms with Gasteiger partial charge in [-0.25, -0.2) is 9.97 Å². The molecule has 2 rings (SSSR count). The Kier molecular flexibility index (Phi) is 2.91. The summed E-state index contributed by atoms with van der Waals surface area (Å²) in [5, 5.41) is 12.8. The highest BCUT2D eigenvalue weighted by Crippen LogP contribution is 1.96. The van der Waals surface area contributed by atoms with Gasteiger partial charge in [-0.1, -0.05) is 5.92 Å². The van der Waals surface area contributed by atoms with E-state index in [1.54, 1.807) is 10.9 Å². The normalized spacial score (nSPS) is 8.94. The highest BCUT2D eigenvalue weighted by atomic mass is 15.3. The number of nitrogens with zero attached hydrogens (tertiary/aromatic N) is 5. The number of nitriles is 1. The number of hydrogen-bond donors (Lipinski definition) is 0.